The second kappa shape index (κ2) is 7.50. The summed E-state index contributed by atoms with van der Waals surface area (Å²) in [6.45, 7) is 1.39. The van der Waals surface area contributed by atoms with Gasteiger partial charge in [0.2, 0.25) is 0 Å². The zero-order valence-electron chi connectivity index (χ0n) is 14.0. The van der Waals surface area contributed by atoms with Gasteiger partial charge in [0, 0.05) is 27.9 Å². The number of benzene rings is 2. The van der Waals surface area contributed by atoms with E-state index in [0.717, 1.165) is 17.4 Å². The Bertz CT molecular complexity index is 1050. The van der Waals surface area contributed by atoms with Crippen molar-refractivity contribution in [2.45, 2.75) is 13.0 Å². The van der Waals surface area contributed by atoms with E-state index in [4.69, 9.17) is 4.74 Å². The Morgan fingerprint density at radius 3 is 2.70 bits per heavy atom. The molecule has 27 heavy (non-hydrogen) atoms. The molecule has 138 valence electrons. The number of thiophene rings is 1. The summed E-state index contributed by atoms with van der Waals surface area (Å²) in [5.41, 5.74) is 0.167. The highest BCUT2D eigenvalue weighted by Gasteiger charge is 2.21. The highest BCUT2D eigenvalue weighted by molar-refractivity contribution is 7.20. The van der Waals surface area contributed by atoms with Crippen LogP contribution in [0.25, 0.3) is 10.1 Å². The molecule has 0 unspecified atom stereocenters. The zero-order valence-corrected chi connectivity index (χ0v) is 14.8. The number of carbonyl (C=O) groups excluding carboxylic acids is 2. The zero-order chi connectivity index (χ0) is 19.6. The van der Waals surface area contributed by atoms with Crippen molar-refractivity contribution in [3.05, 3.63) is 69.3 Å². The van der Waals surface area contributed by atoms with Gasteiger partial charge < -0.3 is 10.1 Å². The fourth-order valence-corrected chi connectivity index (χ4v) is 3.25. The molecule has 7 nitrogen and oxygen atoms in total. The third-order valence-corrected chi connectivity index (χ3v) is 4.75. The van der Waals surface area contributed by atoms with Gasteiger partial charge in [-0.1, -0.05) is 6.07 Å². The molecule has 0 spiro atoms. The third kappa shape index (κ3) is 4.26. The van der Waals surface area contributed by atoms with Crippen molar-refractivity contribution in [1.82, 2.24) is 0 Å². The molecule has 3 rings (SSSR count). The van der Waals surface area contributed by atoms with E-state index in [2.05, 4.69) is 5.32 Å². The summed E-state index contributed by atoms with van der Waals surface area (Å²) in [5, 5.41) is 13.8. The fraction of sp³-hybridized carbons (Fsp3) is 0.111. The summed E-state index contributed by atoms with van der Waals surface area (Å²) in [6, 6.07) is 11.1. The largest absolute Gasteiger partial charge is 0.448 e. The maximum absolute atomic E-state index is 13.2. The first kappa shape index (κ1) is 18.5. The molecule has 0 aliphatic rings. The highest BCUT2D eigenvalue weighted by Crippen LogP contribution is 2.29. The van der Waals surface area contributed by atoms with Gasteiger partial charge in [0.1, 0.15) is 10.7 Å². The summed E-state index contributed by atoms with van der Waals surface area (Å²) >= 11 is 1.11. The van der Waals surface area contributed by atoms with Crippen molar-refractivity contribution in [2.75, 3.05) is 5.32 Å². The lowest BCUT2D eigenvalue weighted by molar-refractivity contribution is -0.384. The van der Waals surface area contributed by atoms with E-state index in [1.165, 1.54) is 43.3 Å². The van der Waals surface area contributed by atoms with Crippen LogP contribution in [0, 0.1) is 15.9 Å². The number of rotatable bonds is 5. The number of nitrogens with zero attached hydrogens (tertiary/aromatic N) is 1. The first-order chi connectivity index (χ1) is 12.8. The molecule has 0 saturated carbocycles. The van der Waals surface area contributed by atoms with E-state index in [9.17, 15) is 24.1 Å². The minimum atomic E-state index is -1.11. The molecule has 1 heterocycles. The normalized spacial score (nSPS) is 11.8. The Kier molecular flexibility index (Phi) is 5.13. The Labute approximate surface area is 156 Å². The van der Waals surface area contributed by atoms with Crippen molar-refractivity contribution < 1.29 is 23.6 Å². The highest BCUT2D eigenvalue weighted by atomic mass is 32.1. The average molecular weight is 388 g/mol. The van der Waals surface area contributed by atoms with Gasteiger partial charge in [0.25, 0.3) is 11.6 Å². The molecular formula is C18H13FN2O5S. The third-order valence-electron chi connectivity index (χ3n) is 3.66. The summed E-state index contributed by atoms with van der Waals surface area (Å²) < 4.78 is 19.0. The van der Waals surface area contributed by atoms with E-state index >= 15 is 0 Å². The van der Waals surface area contributed by atoms with E-state index in [1.54, 1.807) is 6.07 Å². The lowest BCUT2D eigenvalue weighted by atomic mass is 10.2. The Morgan fingerprint density at radius 1 is 1.22 bits per heavy atom. The lowest BCUT2D eigenvalue weighted by Gasteiger charge is -2.13. The van der Waals surface area contributed by atoms with Gasteiger partial charge in [-0.3, -0.25) is 14.9 Å². The maximum Gasteiger partial charge on any atom is 0.349 e. The second-order valence-corrected chi connectivity index (χ2v) is 6.72. The van der Waals surface area contributed by atoms with E-state index in [0.29, 0.717) is 10.1 Å². The molecule has 2 aromatic carbocycles. The molecule has 0 saturated heterocycles. The SMILES string of the molecule is C[C@@H](OC(=O)c1cc2cc([N+](=O)[O-])ccc2s1)C(=O)Nc1cccc(F)c1. The number of halogens is 1. The van der Waals surface area contributed by atoms with Gasteiger partial charge in [-0.2, -0.15) is 0 Å². The van der Waals surface area contributed by atoms with Crippen molar-refractivity contribution >= 4 is 44.7 Å². The van der Waals surface area contributed by atoms with Crippen molar-refractivity contribution in [3.63, 3.8) is 0 Å². The number of non-ortho nitro benzene ring substituents is 1. The van der Waals surface area contributed by atoms with E-state index < -0.39 is 28.7 Å². The molecule has 0 fully saturated rings. The summed E-state index contributed by atoms with van der Waals surface area (Å²) in [7, 11) is 0. The molecule has 0 aliphatic carbocycles. The van der Waals surface area contributed by atoms with Crippen molar-refractivity contribution in [2.24, 2.45) is 0 Å². The first-order valence-corrected chi connectivity index (χ1v) is 8.60. The van der Waals surface area contributed by atoms with Crippen LogP contribution in [0.3, 0.4) is 0 Å². The smallest absolute Gasteiger partial charge is 0.349 e. The first-order valence-electron chi connectivity index (χ1n) is 7.79. The maximum atomic E-state index is 13.2. The van der Waals surface area contributed by atoms with Crippen molar-refractivity contribution in [1.29, 1.82) is 0 Å². The number of hydrogen-bond acceptors (Lipinski definition) is 6. The predicted octanol–water partition coefficient (Wildman–Crippen LogP) is 4.13. The number of carbonyl (C=O) groups is 2. The molecule has 0 radical (unpaired) electrons. The van der Waals surface area contributed by atoms with Crippen LogP contribution in [0.4, 0.5) is 15.8 Å². The quantitative estimate of drug-likeness (QED) is 0.402. The molecule has 1 N–H and O–H groups in total. The number of amides is 1. The Hall–Kier alpha value is -3.33. The second-order valence-electron chi connectivity index (χ2n) is 5.64. The number of nitrogens with one attached hydrogen (secondary N) is 1. The number of ether oxygens (including phenoxy) is 1. The minimum Gasteiger partial charge on any atom is -0.448 e. The van der Waals surface area contributed by atoms with Gasteiger partial charge in [-0.25, -0.2) is 9.18 Å². The molecule has 1 aromatic heterocycles. The van der Waals surface area contributed by atoms with Crippen molar-refractivity contribution in [3.8, 4) is 0 Å². The minimum absolute atomic E-state index is 0.0805. The molecule has 0 bridgehead atoms. The summed E-state index contributed by atoms with van der Waals surface area (Å²) in [6.07, 6.45) is -1.11. The number of hydrogen-bond donors (Lipinski definition) is 1. The summed E-state index contributed by atoms with van der Waals surface area (Å²) in [5.74, 6) is -1.83. The summed E-state index contributed by atoms with van der Waals surface area (Å²) in [4.78, 5) is 34.9. The van der Waals surface area contributed by atoms with E-state index in [1.807, 2.05) is 0 Å². The van der Waals surface area contributed by atoms with Crippen LogP contribution in [-0.2, 0) is 9.53 Å². The number of nitro groups is 1. The number of anilines is 1. The van der Waals surface area contributed by atoms with Crippen LogP contribution in [0.5, 0.6) is 0 Å². The van der Waals surface area contributed by atoms with Gasteiger partial charge in [0.15, 0.2) is 6.10 Å². The topological polar surface area (TPSA) is 98.5 Å². The molecule has 1 amide bonds. The van der Waals surface area contributed by atoms with Crippen LogP contribution >= 0.6 is 11.3 Å². The van der Waals surface area contributed by atoms with Crippen LogP contribution in [0.1, 0.15) is 16.6 Å². The molecule has 0 aliphatic heterocycles. The fourth-order valence-electron chi connectivity index (χ4n) is 2.33. The Morgan fingerprint density at radius 2 is 2.00 bits per heavy atom. The molecule has 3 aromatic rings. The molecular weight excluding hydrogens is 375 g/mol. The van der Waals surface area contributed by atoms with Crippen LogP contribution in [-0.4, -0.2) is 22.9 Å². The van der Waals surface area contributed by atoms with Gasteiger partial charge in [0.05, 0.1) is 4.92 Å². The van der Waals surface area contributed by atoms with Crippen LogP contribution < -0.4 is 5.32 Å². The van der Waals surface area contributed by atoms with E-state index in [-0.39, 0.29) is 16.3 Å². The van der Waals surface area contributed by atoms with Crippen LogP contribution in [0.2, 0.25) is 0 Å². The standard InChI is InChI=1S/C18H13FN2O5S/c1-10(17(22)20-13-4-2-3-12(19)9-13)26-18(23)16-8-11-7-14(21(24)25)5-6-15(11)27-16/h2-10H,1H3,(H,20,22)/t10-/m1/s1. The predicted molar refractivity (Wildman–Crippen MR) is 98.4 cm³/mol. The average Bonchev–Trinajstić information content (AvgIpc) is 3.05. The number of fused-ring (bicyclic) bond motifs is 1. The number of nitro benzene ring substituents is 1. The lowest BCUT2D eigenvalue weighted by Crippen LogP contribution is -2.29. The monoisotopic (exact) mass is 388 g/mol. The Balaban J connectivity index is 1.69. The van der Waals surface area contributed by atoms with Crippen LogP contribution in [0.15, 0.2) is 48.5 Å². The number of esters is 1. The molecule has 9 heteroatoms. The van der Waals surface area contributed by atoms with Gasteiger partial charge >= 0.3 is 5.97 Å². The molecule has 1 atom stereocenters. The van der Waals surface area contributed by atoms with Gasteiger partial charge in [-0.05, 0) is 37.3 Å². The van der Waals surface area contributed by atoms with Gasteiger partial charge in [-0.15, -0.1) is 11.3 Å².